The first-order valence-electron chi connectivity index (χ1n) is 7.22. The number of nitrogens with one attached hydrogen (secondary N) is 2. The van der Waals surface area contributed by atoms with Gasteiger partial charge in [-0.2, -0.15) is 13.2 Å². The van der Waals surface area contributed by atoms with Crippen LogP contribution in [0.4, 0.5) is 18.9 Å². The van der Waals surface area contributed by atoms with Crippen LogP contribution in [0.25, 0.3) is 0 Å². The molecule has 1 atom stereocenters. The molecule has 0 aliphatic heterocycles. The van der Waals surface area contributed by atoms with Gasteiger partial charge in [0.15, 0.2) is 0 Å². The molecule has 4 nitrogen and oxygen atoms in total. The van der Waals surface area contributed by atoms with Gasteiger partial charge in [-0.3, -0.25) is 9.59 Å². The molecule has 2 aromatic rings. The Morgan fingerprint density at radius 1 is 1.04 bits per heavy atom. The van der Waals surface area contributed by atoms with E-state index in [1.807, 2.05) is 6.07 Å². The van der Waals surface area contributed by atoms with E-state index in [9.17, 15) is 22.8 Å². The Kier molecular flexibility index (Phi) is 5.69. The van der Waals surface area contributed by atoms with Crippen LogP contribution in [0.5, 0.6) is 0 Å². The molecule has 0 unspecified atom stereocenters. The zero-order valence-corrected chi connectivity index (χ0v) is 13.8. The maximum absolute atomic E-state index is 12.8. The summed E-state index contributed by atoms with van der Waals surface area (Å²) in [6, 6.07) is 11.4. The lowest BCUT2D eigenvalue weighted by atomic mass is 10.1. The maximum atomic E-state index is 12.8. The summed E-state index contributed by atoms with van der Waals surface area (Å²) in [5.41, 5.74) is -0.483. The van der Waals surface area contributed by atoms with E-state index in [-0.39, 0.29) is 5.69 Å². The van der Waals surface area contributed by atoms with Gasteiger partial charge in [-0.1, -0.05) is 41.9 Å². The van der Waals surface area contributed by atoms with E-state index in [1.54, 1.807) is 31.2 Å². The molecule has 0 bridgehead atoms. The summed E-state index contributed by atoms with van der Waals surface area (Å²) in [5.74, 6) is -2.03. The highest BCUT2D eigenvalue weighted by atomic mass is 35.5. The fraction of sp³-hybridized carbons (Fsp3) is 0.176. The van der Waals surface area contributed by atoms with Gasteiger partial charge < -0.3 is 10.6 Å². The zero-order valence-electron chi connectivity index (χ0n) is 13.0. The summed E-state index contributed by atoms with van der Waals surface area (Å²) >= 11 is 5.50. The number of anilines is 1. The number of carbonyl (C=O) groups excluding carboxylic acids is 2. The molecule has 0 aliphatic carbocycles. The average Bonchev–Trinajstić information content (AvgIpc) is 2.56. The van der Waals surface area contributed by atoms with Gasteiger partial charge in [0.05, 0.1) is 16.6 Å². The molecule has 132 valence electrons. The molecule has 0 aromatic heterocycles. The molecule has 0 spiro atoms. The van der Waals surface area contributed by atoms with E-state index in [4.69, 9.17) is 11.6 Å². The van der Waals surface area contributed by atoms with E-state index >= 15 is 0 Å². The van der Waals surface area contributed by atoms with E-state index < -0.39 is 34.6 Å². The van der Waals surface area contributed by atoms with Gasteiger partial charge in [0.25, 0.3) is 0 Å². The summed E-state index contributed by atoms with van der Waals surface area (Å²) in [6.07, 6.45) is -4.66. The molecule has 0 saturated heterocycles. The first-order chi connectivity index (χ1) is 11.7. The standard InChI is InChI=1S/C17H14ClF3N2O2/c1-10(11-5-3-2-4-6-11)22-15(24)16(25)23-12-7-8-14(18)13(9-12)17(19,20)21/h2-10H,1H3,(H,22,24)(H,23,25)/t10-/m1/s1. The van der Waals surface area contributed by atoms with Gasteiger partial charge >= 0.3 is 18.0 Å². The number of carbonyl (C=O) groups is 2. The van der Waals surface area contributed by atoms with Gasteiger partial charge in [0.2, 0.25) is 0 Å². The Labute approximate surface area is 147 Å². The fourth-order valence-corrected chi connectivity index (χ4v) is 2.32. The largest absolute Gasteiger partial charge is 0.417 e. The lowest BCUT2D eigenvalue weighted by Gasteiger charge is -2.15. The second kappa shape index (κ2) is 7.57. The van der Waals surface area contributed by atoms with Crippen LogP contribution < -0.4 is 10.6 Å². The van der Waals surface area contributed by atoms with Crippen molar-refractivity contribution in [2.45, 2.75) is 19.1 Å². The highest BCUT2D eigenvalue weighted by molar-refractivity contribution is 6.39. The van der Waals surface area contributed by atoms with Crippen LogP contribution in [-0.4, -0.2) is 11.8 Å². The minimum absolute atomic E-state index is 0.177. The Bertz CT molecular complexity index is 779. The van der Waals surface area contributed by atoms with Crippen molar-refractivity contribution in [1.82, 2.24) is 5.32 Å². The van der Waals surface area contributed by atoms with E-state index in [2.05, 4.69) is 10.6 Å². The summed E-state index contributed by atoms with van der Waals surface area (Å²) < 4.78 is 38.4. The zero-order chi connectivity index (χ0) is 18.6. The summed E-state index contributed by atoms with van der Waals surface area (Å²) in [5, 5.41) is 4.11. The van der Waals surface area contributed by atoms with Crippen LogP contribution >= 0.6 is 11.6 Å². The van der Waals surface area contributed by atoms with Crippen LogP contribution in [-0.2, 0) is 15.8 Å². The molecule has 0 radical (unpaired) electrons. The molecule has 2 N–H and O–H groups in total. The molecule has 0 saturated carbocycles. The monoisotopic (exact) mass is 370 g/mol. The average molecular weight is 371 g/mol. The normalized spacial score (nSPS) is 12.4. The third-order valence-corrected chi connectivity index (χ3v) is 3.71. The molecule has 2 amide bonds. The number of hydrogen-bond donors (Lipinski definition) is 2. The predicted octanol–water partition coefficient (Wildman–Crippen LogP) is 4.17. The number of amides is 2. The molecule has 2 rings (SSSR count). The van der Waals surface area contributed by atoms with Crippen molar-refractivity contribution in [1.29, 1.82) is 0 Å². The van der Waals surface area contributed by atoms with Crippen molar-refractivity contribution in [2.75, 3.05) is 5.32 Å². The van der Waals surface area contributed by atoms with Gasteiger partial charge in [0.1, 0.15) is 0 Å². The van der Waals surface area contributed by atoms with Crippen LogP contribution in [0.1, 0.15) is 24.1 Å². The third-order valence-electron chi connectivity index (χ3n) is 3.38. The summed E-state index contributed by atoms with van der Waals surface area (Å²) in [6.45, 7) is 1.69. The molecule has 0 fully saturated rings. The fourth-order valence-electron chi connectivity index (χ4n) is 2.10. The van der Waals surface area contributed by atoms with Gasteiger partial charge in [-0.15, -0.1) is 0 Å². The Morgan fingerprint density at radius 3 is 2.28 bits per heavy atom. The minimum Gasteiger partial charge on any atom is -0.341 e. The van der Waals surface area contributed by atoms with Gasteiger partial charge in [-0.05, 0) is 30.7 Å². The number of benzene rings is 2. The smallest absolute Gasteiger partial charge is 0.341 e. The molecular weight excluding hydrogens is 357 g/mol. The van der Waals surface area contributed by atoms with Crippen molar-refractivity contribution >= 4 is 29.1 Å². The highest BCUT2D eigenvalue weighted by Crippen LogP contribution is 2.36. The van der Waals surface area contributed by atoms with Gasteiger partial charge in [0, 0.05) is 5.69 Å². The minimum atomic E-state index is -4.66. The van der Waals surface area contributed by atoms with Crippen LogP contribution in [0.2, 0.25) is 5.02 Å². The number of hydrogen-bond acceptors (Lipinski definition) is 2. The molecule has 0 heterocycles. The van der Waals surface area contributed by atoms with E-state index in [0.717, 1.165) is 11.6 Å². The molecule has 0 aliphatic rings. The Balaban J connectivity index is 2.05. The Hall–Kier alpha value is -2.54. The molecular formula is C17H14ClF3N2O2. The first-order valence-corrected chi connectivity index (χ1v) is 7.60. The molecule has 25 heavy (non-hydrogen) atoms. The lowest BCUT2D eigenvalue weighted by Crippen LogP contribution is -2.36. The first kappa shape index (κ1) is 18.8. The maximum Gasteiger partial charge on any atom is 0.417 e. The molecule has 8 heteroatoms. The molecule has 2 aromatic carbocycles. The van der Waals surface area contributed by atoms with Crippen molar-refractivity contribution in [3.05, 3.63) is 64.7 Å². The van der Waals surface area contributed by atoms with Gasteiger partial charge in [-0.25, -0.2) is 0 Å². The van der Waals surface area contributed by atoms with E-state index in [0.29, 0.717) is 6.07 Å². The second-order valence-electron chi connectivity index (χ2n) is 5.25. The predicted molar refractivity (Wildman–Crippen MR) is 88.1 cm³/mol. The van der Waals surface area contributed by atoms with Crippen LogP contribution in [0.15, 0.2) is 48.5 Å². The van der Waals surface area contributed by atoms with Crippen LogP contribution in [0.3, 0.4) is 0 Å². The number of rotatable bonds is 3. The summed E-state index contributed by atoms with van der Waals surface area (Å²) in [4.78, 5) is 23.8. The summed E-state index contributed by atoms with van der Waals surface area (Å²) in [7, 11) is 0. The highest BCUT2D eigenvalue weighted by Gasteiger charge is 2.33. The van der Waals surface area contributed by atoms with Crippen molar-refractivity contribution in [2.24, 2.45) is 0 Å². The van der Waals surface area contributed by atoms with E-state index in [1.165, 1.54) is 6.07 Å². The SMILES string of the molecule is C[C@@H](NC(=O)C(=O)Nc1ccc(Cl)c(C(F)(F)F)c1)c1ccccc1. The lowest BCUT2D eigenvalue weighted by molar-refractivity contribution is -0.137. The van der Waals surface area contributed by atoms with Crippen molar-refractivity contribution in [3.8, 4) is 0 Å². The number of alkyl halides is 3. The topological polar surface area (TPSA) is 58.2 Å². The quantitative estimate of drug-likeness (QED) is 0.796. The van der Waals surface area contributed by atoms with Crippen molar-refractivity contribution in [3.63, 3.8) is 0 Å². The van der Waals surface area contributed by atoms with Crippen LogP contribution in [0, 0.1) is 0 Å². The second-order valence-corrected chi connectivity index (χ2v) is 5.66. The third kappa shape index (κ3) is 4.96. The van der Waals surface area contributed by atoms with Crippen molar-refractivity contribution < 1.29 is 22.8 Å². The Morgan fingerprint density at radius 2 is 1.68 bits per heavy atom. The number of halogens is 4.